The standard InChI is InChI=1S/C16H16O4/c1-9-5-11(7-13(19-3)15(9)17)12-6-10(2)16(18)14(8-12)20-4/h5-8H,1-4H3/b12-11+. The van der Waals surface area contributed by atoms with Crippen LogP contribution in [0.5, 0.6) is 0 Å². The molecule has 0 aliphatic heterocycles. The van der Waals surface area contributed by atoms with Gasteiger partial charge in [0.25, 0.3) is 0 Å². The lowest BCUT2D eigenvalue weighted by Gasteiger charge is -2.17. The molecule has 0 aromatic heterocycles. The van der Waals surface area contributed by atoms with E-state index in [4.69, 9.17) is 9.47 Å². The molecule has 0 fully saturated rings. The third-order valence-corrected chi connectivity index (χ3v) is 3.25. The Morgan fingerprint density at radius 2 is 1.05 bits per heavy atom. The van der Waals surface area contributed by atoms with E-state index in [2.05, 4.69) is 0 Å². The van der Waals surface area contributed by atoms with Gasteiger partial charge in [-0.15, -0.1) is 0 Å². The number of Topliss-reactive ketones (excluding diaryl/α,β-unsaturated/α-hetero) is 2. The van der Waals surface area contributed by atoms with Crippen molar-refractivity contribution in [3.05, 3.63) is 58.1 Å². The second-order valence-corrected chi connectivity index (χ2v) is 4.65. The quantitative estimate of drug-likeness (QED) is 0.774. The molecule has 0 unspecified atom stereocenters. The normalized spacial score (nSPS) is 22.8. The SMILES string of the molecule is COC1=C/C(=C2\C=C(C)C(=O)C(OC)=C2)C=C(C)C1=O. The molecule has 2 aliphatic carbocycles. The van der Waals surface area contributed by atoms with Gasteiger partial charge >= 0.3 is 0 Å². The van der Waals surface area contributed by atoms with Crippen LogP contribution in [0.4, 0.5) is 0 Å². The van der Waals surface area contributed by atoms with E-state index < -0.39 is 0 Å². The summed E-state index contributed by atoms with van der Waals surface area (Å²) in [6.07, 6.45) is 6.91. The highest BCUT2D eigenvalue weighted by molar-refractivity contribution is 6.10. The number of methoxy groups -OCH3 is 2. The maximum atomic E-state index is 11.8. The lowest BCUT2D eigenvalue weighted by atomic mass is 9.92. The number of ketones is 2. The first-order valence-electron chi connectivity index (χ1n) is 6.19. The van der Waals surface area contributed by atoms with Crippen LogP contribution in [0, 0.1) is 0 Å². The first-order valence-corrected chi connectivity index (χ1v) is 6.19. The molecule has 0 radical (unpaired) electrons. The summed E-state index contributed by atoms with van der Waals surface area (Å²) >= 11 is 0. The Labute approximate surface area is 117 Å². The molecular weight excluding hydrogens is 256 g/mol. The van der Waals surface area contributed by atoms with E-state index in [1.165, 1.54) is 14.2 Å². The summed E-state index contributed by atoms with van der Waals surface area (Å²) in [5, 5.41) is 0. The monoisotopic (exact) mass is 272 g/mol. The maximum Gasteiger partial charge on any atom is 0.223 e. The van der Waals surface area contributed by atoms with Gasteiger partial charge in [0.2, 0.25) is 11.6 Å². The van der Waals surface area contributed by atoms with Crippen molar-refractivity contribution in [3.8, 4) is 0 Å². The largest absolute Gasteiger partial charge is 0.493 e. The molecule has 0 spiro atoms. The zero-order valence-electron chi connectivity index (χ0n) is 11.9. The lowest BCUT2D eigenvalue weighted by molar-refractivity contribution is -0.115. The molecule has 0 saturated heterocycles. The highest BCUT2D eigenvalue weighted by atomic mass is 16.5. The summed E-state index contributed by atoms with van der Waals surface area (Å²) in [4.78, 5) is 23.7. The van der Waals surface area contributed by atoms with Crippen molar-refractivity contribution >= 4 is 11.6 Å². The molecule has 0 amide bonds. The fourth-order valence-electron chi connectivity index (χ4n) is 2.12. The second kappa shape index (κ2) is 5.33. The highest BCUT2D eigenvalue weighted by Gasteiger charge is 2.22. The number of carbonyl (C=O) groups excluding carboxylic acids is 2. The summed E-state index contributed by atoms with van der Waals surface area (Å²) in [6, 6.07) is 0. The summed E-state index contributed by atoms with van der Waals surface area (Å²) in [5.74, 6) is 0.339. The first kappa shape index (κ1) is 14.1. The van der Waals surface area contributed by atoms with E-state index in [-0.39, 0.29) is 11.6 Å². The van der Waals surface area contributed by atoms with Gasteiger partial charge in [-0.25, -0.2) is 0 Å². The van der Waals surface area contributed by atoms with Crippen molar-refractivity contribution < 1.29 is 19.1 Å². The van der Waals surface area contributed by atoms with Gasteiger partial charge < -0.3 is 9.47 Å². The third kappa shape index (κ3) is 2.37. The minimum atomic E-state index is -0.125. The zero-order chi connectivity index (χ0) is 14.9. The molecule has 0 atom stereocenters. The molecule has 0 saturated carbocycles. The van der Waals surface area contributed by atoms with Gasteiger partial charge in [-0.3, -0.25) is 9.59 Å². The average Bonchev–Trinajstić information content (AvgIpc) is 2.44. The van der Waals surface area contributed by atoms with Crippen molar-refractivity contribution in [1.29, 1.82) is 0 Å². The fourth-order valence-corrected chi connectivity index (χ4v) is 2.12. The van der Waals surface area contributed by atoms with Crippen molar-refractivity contribution in [2.45, 2.75) is 13.8 Å². The molecule has 2 rings (SSSR count). The third-order valence-electron chi connectivity index (χ3n) is 3.25. The minimum absolute atomic E-state index is 0.125. The summed E-state index contributed by atoms with van der Waals surface area (Å²) in [5.41, 5.74) is 2.84. The van der Waals surface area contributed by atoms with Crippen LogP contribution in [-0.4, -0.2) is 25.8 Å². The average molecular weight is 272 g/mol. The molecule has 20 heavy (non-hydrogen) atoms. The van der Waals surface area contributed by atoms with Crippen molar-refractivity contribution in [2.24, 2.45) is 0 Å². The minimum Gasteiger partial charge on any atom is -0.493 e. The molecule has 0 aromatic rings. The van der Waals surface area contributed by atoms with Crippen LogP contribution in [0.15, 0.2) is 58.1 Å². The number of carbonyl (C=O) groups is 2. The number of allylic oxidation sites excluding steroid dienone is 8. The topological polar surface area (TPSA) is 52.6 Å². The van der Waals surface area contributed by atoms with Gasteiger partial charge in [-0.2, -0.15) is 0 Å². The number of rotatable bonds is 2. The van der Waals surface area contributed by atoms with Gasteiger partial charge in [0.05, 0.1) is 14.2 Å². The number of hydrogen-bond donors (Lipinski definition) is 0. The van der Waals surface area contributed by atoms with Gasteiger partial charge in [0.1, 0.15) is 0 Å². The van der Waals surface area contributed by atoms with E-state index >= 15 is 0 Å². The van der Waals surface area contributed by atoms with Crippen LogP contribution in [0.1, 0.15) is 13.8 Å². The Hall–Kier alpha value is -2.36. The van der Waals surface area contributed by atoms with Crippen molar-refractivity contribution in [1.82, 2.24) is 0 Å². The molecule has 4 heteroatoms. The van der Waals surface area contributed by atoms with E-state index in [0.717, 1.165) is 11.1 Å². The molecule has 0 heterocycles. The van der Waals surface area contributed by atoms with Gasteiger partial charge in [-0.1, -0.05) is 0 Å². The highest BCUT2D eigenvalue weighted by Crippen LogP contribution is 2.27. The van der Waals surface area contributed by atoms with E-state index in [0.29, 0.717) is 22.7 Å². The summed E-state index contributed by atoms with van der Waals surface area (Å²) < 4.78 is 10.2. The van der Waals surface area contributed by atoms with E-state index in [9.17, 15) is 9.59 Å². The van der Waals surface area contributed by atoms with Crippen LogP contribution >= 0.6 is 0 Å². The van der Waals surface area contributed by atoms with E-state index in [1.807, 2.05) is 0 Å². The fraction of sp³-hybridized carbons (Fsp3) is 0.250. The Morgan fingerprint density at radius 3 is 1.35 bits per heavy atom. The number of hydrogen-bond acceptors (Lipinski definition) is 4. The van der Waals surface area contributed by atoms with Crippen LogP contribution < -0.4 is 0 Å². The second-order valence-electron chi connectivity index (χ2n) is 4.65. The number of ether oxygens (including phenoxy) is 2. The molecule has 0 aromatic carbocycles. The van der Waals surface area contributed by atoms with Gasteiger partial charge in [0.15, 0.2) is 11.5 Å². The zero-order valence-corrected chi connectivity index (χ0v) is 11.9. The predicted octanol–water partition coefficient (Wildman–Crippen LogP) is 2.40. The van der Waals surface area contributed by atoms with Gasteiger partial charge in [0, 0.05) is 11.1 Å². The van der Waals surface area contributed by atoms with Crippen molar-refractivity contribution in [3.63, 3.8) is 0 Å². The lowest BCUT2D eigenvalue weighted by Crippen LogP contribution is -2.13. The Balaban J connectivity index is 2.58. The van der Waals surface area contributed by atoms with Gasteiger partial charge in [-0.05, 0) is 49.3 Å². The smallest absolute Gasteiger partial charge is 0.223 e. The Morgan fingerprint density at radius 1 is 0.700 bits per heavy atom. The van der Waals surface area contributed by atoms with Crippen LogP contribution in [0.2, 0.25) is 0 Å². The first-order chi connectivity index (χ1) is 9.47. The predicted molar refractivity (Wildman–Crippen MR) is 74.7 cm³/mol. The van der Waals surface area contributed by atoms with Crippen LogP contribution in [0.25, 0.3) is 0 Å². The summed E-state index contributed by atoms with van der Waals surface area (Å²) in [7, 11) is 2.93. The molecule has 104 valence electrons. The van der Waals surface area contributed by atoms with Crippen LogP contribution in [-0.2, 0) is 19.1 Å². The molecule has 0 bridgehead atoms. The molecule has 2 aliphatic rings. The molecule has 0 N–H and O–H groups in total. The Kier molecular flexibility index (Phi) is 3.74. The molecule has 4 nitrogen and oxygen atoms in total. The Bertz CT molecular complexity index is 583. The maximum absolute atomic E-state index is 11.8. The summed E-state index contributed by atoms with van der Waals surface area (Å²) in [6.45, 7) is 3.47. The molecular formula is C16H16O4. The van der Waals surface area contributed by atoms with E-state index in [1.54, 1.807) is 38.2 Å². The van der Waals surface area contributed by atoms with Crippen LogP contribution in [0.3, 0.4) is 0 Å². The van der Waals surface area contributed by atoms with Crippen molar-refractivity contribution in [2.75, 3.05) is 14.2 Å².